The smallest absolute Gasteiger partial charge is 0.292 e. The van der Waals surface area contributed by atoms with E-state index in [-0.39, 0.29) is 21.9 Å². The van der Waals surface area contributed by atoms with Crippen molar-refractivity contribution in [2.24, 2.45) is 5.41 Å². The molecule has 0 aliphatic carbocycles. The summed E-state index contributed by atoms with van der Waals surface area (Å²) in [5, 5.41) is 4.44. The quantitative estimate of drug-likeness (QED) is 0.811. The number of carbonyl (C=O) groups excluding carboxylic acids is 1. The van der Waals surface area contributed by atoms with Crippen molar-refractivity contribution in [3.8, 4) is 5.69 Å². The zero-order chi connectivity index (χ0) is 19.6. The zero-order valence-electron chi connectivity index (χ0n) is 16.0. The van der Waals surface area contributed by atoms with Gasteiger partial charge in [-0.1, -0.05) is 50.6 Å². The number of halogens is 1. The molecule has 1 aliphatic rings. The molecule has 6 nitrogen and oxygen atoms in total. The summed E-state index contributed by atoms with van der Waals surface area (Å²) in [6.45, 7) is 8.69. The van der Waals surface area contributed by atoms with Gasteiger partial charge in [0.2, 0.25) is 5.91 Å². The van der Waals surface area contributed by atoms with Gasteiger partial charge in [-0.15, -0.1) is 0 Å². The van der Waals surface area contributed by atoms with Crippen molar-refractivity contribution in [2.75, 3.05) is 31.1 Å². The average Bonchev–Trinajstić information content (AvgIpc) is 2.63. The molecule has 0 atom stereocenters. The van der Waals surface area contributed by atoms with Gasteiger partial charge in [0.1, 0.15) is 5.02 Å². The van der Waals surface area contributed by atoms with Crippen LogP contribution in [0.4, 0.5) is 5.69 Å². The molecule has 2 heterocycles. The van der Waals surface area contributed by atoms with E-state index in [9.17, 15) is 9.59 Å². The Morgan fingerprint density at radius 1 is 1.11 bits per heavy atom. The second-order valence-corrected chi connectivity index (χ2v) is 8.38. The Kier molecular flexibility index (Phi) is 5.56. The molecule has 7 heteroatoms. The standard InChI is InChI=1S/C20H25ClN4O2/c1-20(2,3)13-17(26)24-11-9-23(10-12-24)16-14-22-25(19(27)18(16)21)15-7-5-4-6-8-15/h4-8,14H,9-13H2,1-3H3. The highest BCUT2D eigenvalue weighted by Crippen LogP contribution is 2.24. The van der Waals surface area contributed by atoms with E-state index in [1.165, 1.54) is 4.68 Å². The summed E-state index contributed by atoms with van der Waals surface area (Å²) < 4.78 is 1.30. The van der Waals surface area contributed by atoms with Crippen LogP contribution in [0.2, 0.25) is 5.02 Å². The van der Waals surface area contributed by atoms with Gasteiger partial charge in [-0.05, 0) is 17.5 Å². The number of benzene rings is 1. The molecule has 0 N–H and O–H groups in total. The molecule has 1 aromatic heterocycles. The minimum atomic E-state index is -0.341. The topological polar surface area (TPSA) is 58.4 Å². The molecule has 0 spiro atoms. The van der Waals surface area contributed by atoms with Gasteiger partial charge in [0, 0.05) is 32.6 Å². The lowest BCUT2D eigenvalue weighted by Gasteiger charge is -2.37. The first-order valence-electron chi connectivity index (χ1n) is 9.12. The van der Waals surface area contributed by atoms with Crippen molar-refractivity contribution in [1.82, 2.24) is 14.7 Å². The summed E-state index contributed by atoms with van der Waals surface area (Å²) >= 11 is 6.37. The van der Waals surface area contributed by atoms with Gasteiger partial charge in [-0.3, -0.25) is 9.59 Å². The first-order chi connectivity index (χ1) is 12.8. The monoisotopic (exact) mass is 388 g/mol. The zero-order valence-corrected chi connectivity index (χ0v) is 16.7. The van der Waals surface area contributed by atoms with E-state index in [2.05, 4.69) is 25.9 Å². The molecule has 2 aromatic rings. The number of anilines is 1. The maximum Gasteiger partial charge on any atom is 0.292 e. The van der Waals surface area contributed by atoms with Gasteiger partial charge < -0.3 is 9.80 Å². The summed E-state index contributed by atoms with van der Waals surface area (Å²) in [6, 6.07) is 9.19. The van der Waals surface area contributed by atoms with Crippen LogP contribution < -0.4 is 10.5 Å². The van der Waals surface area contributed by atoms with E-state index in [0.717, 1.165) is 0 Å². The van der Waals surface area contributed by atoms with Crippen molar-refractivity contribution >= 4 is 23.2 Å². The molecule has 0 unspecified atom stereocenters. The SMILES string of the molecule is CC(C)(C)CC(=O)N1CCN(c2cnn(-c3ccccc3)c(=O)c2Cl)CC1. The van der Waals surface area contributed by atoms with Gasteiger partial charge in [-0.25, -0.2) is 0 Å². The van der Waals surface area contributed by atoms with Gasteiger partial charge in [0.05, 0.1) is 17.6 Å². The largest absolute Gasteiger partial charge is 0.365 e. The fraction of sp³-hybridized carbons (Fsp3) is 0.450. The highest BCUT2D eigenvalue weighted by Gasteiger charge is 2.26. The maximum absolute atomic E-state index is 12.6. The van der Waals surface area contributed by atoms with Crippen molar-refractivity contribution in [3.05, 3.63) is 51.9 Å². The fourth-order valence-corrected chi connectivity index (χ4v) is 3.41. The Bertz CT molecular complexity index is 866. The number of amides is 1. The molecule has 27 heavy (non-hydrogen) atoms. The number of hydrogen-bond donors (Lipinski definition) is 0. The molecule has 1 aromatic carbocycles. The average molecular weight is 389 g/mol. The third-order valence-electron chi connectivity index (χ3n) is 4.56. The number of carbonyl (C=O) groups is 1. The first kappa shape index (κ1) is 19.4. The second kappa shape index (κ2) is 7.72. The van der Waals surface area contributed by atoms with Crippen molar-refractivity contribution in [2.45, 2.75) is 27.2 Å². The molecular formula is C20H25ClN4O2. The molecule has 0 radical (unpaired) electrons. The Morgan fingerprint density at radius 3 is 2.33 bits per heavy atom. The van der Waals surface area contributed by atoms with Crippen LogP contribution in [0.3, 0.4) is 0 Å². The van der Waals surface area contributed by atoms with Crippen LogP contribution in [-0.2, 0) is 4.79 Å². The lowest BCUT2D eigenvalue weighted by atomic mass is 9.91. The summed E-state index contributed by atoms with van der Waals surface area (Å²) in [5.41, 5.74) is 0.931. The van der Waals surface area contributed by atoms with E-state index in [0.29, 0.717) is 44.0 Å². The second-order valence-electron chi connectivity index (χ2n) is 8.00. The molecule has 3 rings (SSSR count). The predicted molar refractivity (Wildman–Crippen MR) is 108 cm³/mol. The molecular weight excluding hydrogens is 364 g/mol. The van der Waals surface area contributed by atoms with Crippen molar-refractivity contribution in [1.29, 1.82) is 0 Å². The van der Waals surface area contributed by atoms with Crippen LogP contribution >= 0.6 is 11.6 Å². The molecule has 1 amide bonds. The van der Waals surface area contributed by atoms with Crippen molar-refractivity contribution in [3.63, 3.8) is 0 Å². The molecule has 0 bridgehead atoms. The summed E-state index contributed by atoms with van der Waals surface area (Å²) in [4.78, 5) is 28.9. The Hall–Kier alpha value is -2.34. The highest BCUT2D eigenvalue weighted by atomic mass is 35.5. The van der Waals surface area contributed by atoms with E-state index in [4.69, 9.17) is 11.6 Å². The summed E-state index contributed by atoms with van der Waals surface area (Å²) in [6.07, 6.45) is 2.16. The highest BCUT2D eigenvalue weighted by molar-refractivity contribution is 6.33. The van der Waals surface area contributed by atoms with E-state index in [1.807, 2.05) is 40.1 Å². The van der Waals surface area contributed by atoms with Gasteiger partial charge in [0.15, 0.2) is 0 Å². The Morgan fingerprint density at radius 2 is 1.74 bits per heavy atom. The Balaban J connectivity index is 1.73. The Labute approximate surface area is 164 Å². The van der Waals surface area contributed by atoms with Crippen LogP contribution in [0.25, 0.3) is 5.69 Å². The van der Waals surface area contributed by atoms with E-state index < -0.39 is 0 Å². The molecule has 0 saturated carbocycles. The molecule has 1 saturated heterocycles. The van der Waals surface area contributed by atoms with Crippen LogP contribution in [0.5, 0.6) is 0 Å². The number of nitrogens with zero attached hydrogens (tertiary/aromatic N) is 4. The number of piperazine rings is 1. The lowest BCUT2D eigenvalue weighted by Crippen LogP contribution is -2.49. The van der Waals surface area contributed by atoms with Crippen LogP contribution in [0.15, 0.2) is 41.3 Å². The number of rotatable bonds is 3. The van der Waals surface area contributed by atoms with Gasteiger partial charge in [0.25, 0.3) is 5.56 Å². The summed E-state index contributed by atoms with van der Waals surface area (Å²) in [5.74, 6) is 0.172. The van der Waals surface area contributed by atoms with Crippen LogP contribution in [-0.4, -0.2) is 46.8 Å². The van der Waals surface area contributed by atoms with Crippen LogP contribution in [0.1, 0.15) is 27.2 Å². The van der Waals surface area contributed by atoms with Gasteiger partial charge in [-0.2, -0.15) is 9.78 Å². The normalized spacial score (nSPS) is 15.1. The van der Waals surface area contributed by atoms with E-state index in [1.54, 1.807) is 6.20 Å². The minimum absolute atomic E-state index is 0.0244. The third-order valence-corrected chi connectivity index (χ3v) is 4.91. The third kappa shape index (κ3) is 4.50. The minimum Gasteiger partial charge on any atom is -0.365 e. The van der Waals surface area contributed by atoms with Crippen LogP contribution in [0, 0.1) is 5.41 Å². The fourth-order valence-electron chi connectivity index (χ4n) is 3.16. The maximum atomic E-state index is 12.6. The van der Waals surface area contributed by atoms with Crippen molar-refractivity contribution < 1.29 is 4.79 Å². The first-order valence-corrected chi connectivity index (χ1v) is 9.50. The molecule has 1 fully saturated rings. The molecule has 144 valence electrons. The number of aromatic nitrogens is 2. The van der Waals surface area contributed by atoms with Gasteiger partial charge >= 0.3 is 0 Å². The summed E-state index contributed by atoms with van der Waals surface area (Å²) in [7, 11) is 0. The van der Waals surface area contributed by atoms with E-state index >= 15 is 0 Å². The molecule has 1 aliphatic heterocycles. The number of para-hydroxylation sites is 1. The predicted octanol–water partition coefficient (Wildman–Crippen LogP) is 2.97. The number of hydrogen-bond acceptors (Lipinski definition) is 4. The lowest BCUT2D eigenvalue weighted by molar-refractivity contribution is -0.133.